The first-order valence-electron chi connectivity index (χ1n) is 6.52. The Morgan fingerprint density at radius 3 is 2.81 bits per heavy atom. The van der Waals surface area contributed by atoms with Crippen LogP contribution in [-0.2, 0) is 0 Å². The number of nitrogens with zero attached hydrogens (tertiary/aromatic N) is 4. The van der Waals surface area contributed by atoms with Gasteiger partial charge >= 0.3 is 0 Å². The lowest BCUT2D eigenvalue weighted by molar-refractivity contribution is 0.0918. The number of nitrogens with one attached hydrogen (secondary N) is 2. The summed E-state index contributed by atoms with van der Waals surface area (Å²) in [6.07, 6.45) is 1.43. The Bertz CT molecular complexity index is 597. The fourth-order valence-corrected chi connectivity index (χ4v) is 1.63. The fourth-order valence-electron chi connectivity index (χ4n) is 1.63. The number of anilines is 2. The maximum atomic E-state index is 11.6. The summed E-state index contributed by atoms with van der Waals surface area (Å²) in [7, 11) is 3.84. The first-order chi connectivity index (χ1) is 10.1. The molecular formula is C13H18N6O2. The monoisotopic (exact) mass is 290 g/mol. The molecule has 0 aliphatic rings. The van der Waals surface area contributed by atoms with E-state index in [0.717, 1.165) is 11.5 Å². The van der Waals surface area contributed by atoms with E-state index in [9.17, 15) is 4.79 Å². The summed E-state index contributed by atoms with van der Waals surface area (Å²) >= 11 is 0. The molecule has 2 rings (SSSR count). The van der Waals surface area contributed by atoms with Gasteiger partial charge in [0, 0.05) is 45.0 Å². The first-order valence-corrected chi connectivity index (χ1v) is 6.52. The average molecular weight is 290 g/mol. The van der Waals surface area contributed by atoms with E-state index in [1.807, 2.05) is 32.0 Å². The zero-order valence-electron chi connectivity index (χ0n) is 12.3. The van der Waals surface area contributed by atoms with Crippen molar-refractivity contribution in [2.45, 2.75) is 6.92 Å². The summed E-state index contributed by atoms with van der Waals surface area (Å²) in [4.78, 5) is 22.2. The Labute approximate surface area is 122 Å². The highest BCUT2D eigenvalue weighted by Gasteiger charge is 2.08. The Morgan fingerprint density at radius 1 is 1.33 bits per heavy atom. The van der Waals surface area contributed by atoms with Crippen LogP contribution in [0.25, 0.3) is 0 Å². The van der Waals surface area contributed by atoms with Gasteiger partial charge in [-0.2, -0.15) is 4.98 Å². The molecule has 0 spiro atoms. The maximum absolute atomic E-state index is 11.6. The van der Waals surface area contributed by atoms with Gasteiger partial charge in [-0.3, -0.25) is 4.79 Å². The Kier molecular flexibility index (Phi) is 4.70. The molecule has 1 amide bonds. The van der Waals surface area contributed by atoms with Gasteiger partial charge in [0.25, 0.3) is 5.91 Å². The van der Waals surface area contributed by atoms with Crippen LogP contribution in [0.2, 0.25) is 0 Å². The lowest BCUT2D eigenvalue weighted by atomic mass is 10.4. The summed E-state index contributed by atoms with van der Waals surface area (Å²) in [5.41, 5.74) is 0.877. The largest absolute Gasteiger partial charge is 0.363 e. The van der Waals surface area contributed by atoms with Gasteiger partial charge < -0.3 is 20.1 Å². The second kappa shape index (κ2) is 6.69. The third-order valence-electron chi connectivity index (χ3n) is 2.65. The Balaban J connectivity index is 1.82. The number of aromatic nitrogens is 3. The third-order valence-corrected chi connectivity index (χ3v) is 2.65. The lowest BCUT2D eigenvalue weighted by Crippen LogP contribution is -2.28. The van der Waals surface area contributed by atoms with E-state index in [-0.39, 0.29) is 11.7 Å². The van der Waals surface area contributed by atoms with Crippen molar-refractivity contribution in [2.24, 2.45) is 0 Å². The fraction of sp³-hybridized carbons (Fsp3) is 0.385. The topological polar surface area (TPSA) is 96.2 Å². The van der Waals surface area contributed by atoms with E-state index in [1.165, 1.54) is 12.3 Å². The van der Waals surface area contributed by atoms with Crippen molar-refractivity contribution in [1.29, 1.82) is 0 Å². The summed E-state index contributed by atoms with van der Waals surface area (Å²) < 4.78 is 4.76. The quantitative estimate of drug-likeness (QED) is 0.755. The van der Waals surface area contributed by atoms with Crippen molar-refractivity contribution >= 4 is 17.7 Å². The molecule has 8 nitrogen and oxygen atoms in total. The third kappa shape index (κ3) is 4.16. The van der Waals surface area contributed by atoms with Crippen molar-refractivity contribution in [2.75, 3.05) is 37.4 Å². The maximum Gasteiger partial charge on any atom is 0.289 e. The number of carbonyl (C=O) groups is 1. The molecule has 0 saturated heterocycles. The standard InChI is InChI=1S/C13H18N6O2/c1-9-8-11(19(2)3)18-13(17-9)15-7-6-14-12(20)10-4-5-16-21-10/h4-5,8H,6-7H2,1-3H3,(H,14,20)(H,15,17,18). The van der Waals surface area contributed by atoms with E-state index >= 15 is 0 Å². The molecular weight excluding hydrogens is 272 g/mol. The molecule has 8 heteroatoms. The van der Waals surface area contributed by atoms with Gasteiger partial charge in [0.2, 0.25) is 11.7 Å². The Morgan fingerprint density at radius 2 is 2.14 bits per heavy atom. The lowest BCUT2D eigenvalue weighted by Gasteiger charge is -2.13. The van der Waals surface area contributed by atoms with E-state index in [1.54, 1.807) is 0 Å². The van der Waals surface area contributed by atoms with Crippen molar-refractivity contribution in [3.8, 4) is 0 Å². The molecule has 0 bridgehead atoms. The van der Waals surface area contributed by atoms with Crippen molar-refractivity contribution < 1.29 is 9.32 Å². The second-order valence-corrected chi connectivity index (χ2v) is 4.64. The number of hydrogen-bond acceptors (Lipinski definition) is 7. The highest BCUT2D eigenvalue weighted by molar-refractivity contribution is 5.91. The van der Waals surface area contributed by atoms with Crippen LogP contribution in [0.4, 0.5) is 11.8 Å². The minimum absolute atomic E-state index is 0.191. The predicted molar refractivity (Wildman–Crippen MR) is 78.4 cm³/mol. The molecule has 0 atom stereocenters. The molecule has 112 valence electrons. The molecule has 0 aliphatic carbocycles. The van der Waals surface area contributed by atoms with Crippen LogP contribution in [0, 0.1) is 6.92 Å². The molecule has 0 aromatic carbocycles. The zero-order valence-corrected chi connectivity index (χ0v) is 12.3. The summed E-state index contributed by atoms with van der Waals surface area (Å²) in [6, 6.07) is 3.41. The van der Waals surface area contributed by atoms with E-state index in [4.69, 9.17) is 4.52 Å². The molecule has 0 aliphatic heterocycles. The van der Waals surface area contributed by atoms with Crippen LogP contribution >= 0.6 is 0 Å². The zero-order chi connectivity index (χ0) is 15.2. The van der Waals surface area contributed by atoms with Crippen molar-refractivity contribution in [3.05, 3.63) is 29.8 Å². The molecule has 2 N–H and O–H groups in total. The molecule has 0 unspecified atom stereocenters. The molecule has 2 aromatic heterocycles. The van der Waals surface area contributed by atoms with Gasteiger partial charge in [-0.05, 0) is 6.92 Å². The van der Waals surface area contributed by atoms with Gasteiger partial charge in [-0.25, -0.2) is 4.98 Å². The summed E-state index contributed by atoms with van der Waals surface area (Å²) in [5, 5.41) is 9.26. The van der Waals surface area contributed by atoms with Gasteiger partial charge in [0.05, 0.1) is 6.20 Å². The number of hydrogen-bond donors (Lipinski definition) is 2. The molecule has 0 fully saturated rings. The van der Waals surface area contributed by atoms with Crippen LogP contribution in [-0.4, -0.2) is 48.2 Å². The average Bonchev–Trinajstić information content (AvgIpc) is 2.97. The molecule has 2 aromatic rings. The van der Waals surface area contributed by atoms with Crippen molar-refractivity contribution in [3.63, 3.8) is 0 Å². The normalized spacial score (nSPS) is 10.2. The number of aryl methyl sites for hydroxylation is 1. The molecule has 21 heavy (non-hydrogen) atoms. The van der Waals surface area contributed by atoms with Gasteiger partial charge in [0.1, 0.15) is 5.82 Å². The number of amides is 1. The summed E-state index contributed by atoms with van der Waals surface area (Å²) in [5.74, 6) is 1.26. The van der Waals surface area contributed by atoms with Gasteiger partial charge in [0.15, 0.2) is 0 Å². The van der Waals surface area contributed by atoms with E-state index < -0.39 is 0 Å². The Hall–Kier alpha value is -2.64. The van der Waals surface area contributed by atoms with Crippen molar-refractivity contribution in [1.82, 2.24) is 20.4 Å². The van der Waals surface area contributed by atoms with Gasteiger partial charge in [-0.15, -0.1) is 0 Å². The molecule has 2 heterocycles. The molecule has 0 saturated carbocycles. The van der Waals surface area contributed by atoms with Crippen LogP contribution in [0.1, 0.15) is 16.2 Å². The molecule has 0 radical (unpaired) electrons. The summed E-state index contributed by atoms with van der Waals surface area (Å²) in [6.45, 7) is 2.84. The minimum Gasteiger partial charge on any atom is -0.363 e. The second-order valence-electron chi connectivity index (χ2n) is 4.64. The number of rotatable bonds is 6. The first kappa shape index (κ1) is 14.8. The van der Waals surface area contributed by atoms with Crippen LogP contribution in [0.3, 0.4) is 0 Å². The smallest absolute Gasteiger partial charge is 0.289 e. The minimum atomic E-state index is -0.298. The van der Waals surface area contributed by atoms with Gasteiger partial charge in [-0.1, -0.05) is 5.16 Å². The van der Waals surface area contributed by atoms with E-state index in [0.29, 0.717) is 19.0 Å². The van der Waals surface area contributed by atoms with Crippen LogP contribution in [0.5, 0.6) is 0 Å². The predicted octanol–water partition coefficient (Wildman–Crippen LogP) is 0.681. The highest BCUT2D eigenvalue weighted by Crippen LogP contribution is 2.11. The highest BCUT2D eigenvalue weighted by atomic mass is 16.5. The van der Waals surface area contributed by atoms with E-state index in [2.05, 4.69) is 25.8 Å². The van der Waals surface area contributed by atoms with Crippen LogP contribution < -0.4 is 15.5 Å². The van der Waals surface area contributed by atoms with Crippen LogP contribution in [0.15, 0.2) is 22.9 Å². The SMILES string of the molecule is Cc1cc(N(C)C)nc(NCCNC(=O)c2ccno2)n1. The number of carbonyl (C=O) groups excluding carboxylic acids is 1.